The Labute approximate surface area is 129 Å². The van der Waals surface area contributed by atoms with E-state index in [1.165, 1.54) is 0 Å². The molecule has 2 aliphatic rings. The van der Waals surface area contributed by atoms with Crippen molar-refractivity contribution in [2.45, 2.75) is 45.7 Å². The molecule has 21 heavy (non-hydrogen) atoms. The van der Waals surface area contributed by atoms with Gasteiger partial charge in [0.2, 0.25) is 16.6 Å². The normalized spacial score (nSPS) is 31.3. The molecule has 2 bridgehead atoms. The molecule has 0 heterocycles. The Bertz CT molecular complexity index is 431. The highest BCUT2D eigenvalue weighted by Gasteiger charge is 2.53. The average molecular weight is 327 g/mol. The van der Waals surface area contributed by atoms with E-state index in [9.17, 15) is 9.59 Å². The number of hydrogen-bond acceptors (Lipinski definition) is 4. The van der Waals surface area contributed by atoms with Crippen LogP contribution in [0.2, 0.25) is 39.3 Å². The zero-order valence-electron chi connectivity index (χ0n) is 13.8. The van der Waals surface area contributed by atoms with Gasteiger partial charge in [-0.15, -0.1) is 0 Å². The molecule has 0 N–H and O–H groups in total. The molecule has 1 saturated carbocycles. The molecule has 0 saturated heterocycles. The maximum Gasteiger partial charge on any atom is 0.297 e. The predicted molar refractivity (Wildman–Crippen MR) is 86.6 cm³/mol. The summed E-state index contributed by atoms with van der Waals surface area (Å²) in [4.78, 5) is 25.0. The van der Waals surface area contributed by atoms with Gasteiger partial charge in [-0.2, -0.15) is 0 Å². The van der Waals surface area contributed by atoms with E-state index in [-0.39, 0.29) is 35.6 Å². The van der Waals surface area contributed by atoms with Gasteiger partial charge in [-0.3, -0.25) is 9.59 Å². The van der Waals surface area contributed by atoms with Gasteiger partial charge >= 0.3 is 0 Å². The maximum absolute atomic E-state index is 12.5. The van der Waals surface area contributed by atoms with Gasteiger partial charge in [-0.1, -0.05) is 12.2 Å². The van der Waals surface area contributed by atoms with Gasteiger partial charge < -0.3 is 8.85 Å². The molecule has 4 atom stereocenters. The first kappa shape index (κ1) is 16.5. The van der Waals surface area contributed by atoms with Crippen molar-refractivity contribution in [3.05, 3.63) is 12.2 Å². The summed E-state index contributed by atoms with van der Waals surface area (Å²) in [5, 5.41) is 0. The fraction of sp³-hybridized carbons (Fsp3) is 0.733. The largest absolute Gasteiger partial charge is 0.520 e. The second-order valence-corrected chi connectivity index (χ2v) is 16.9. The van der Waals surface area contributed by atoms with E-state index in [0.29, 0.717) is 0 Å². The molecule has 118 valence electrons. The third-order valence-electron chi connectivity index (χ3n) is 3.82. The molecular weight excluding hydrogens is 300 g/mol. The Morgan fingerprint density at radius 3 is 1.43 bits per heavy atom. The molecule has 4 unspecified atom stereocenters. The second kappa shape index (κ2) is 5.39. The summed E-state index contributed by atoms with van der Waals surface area (Å²) in [7, 11) is -3.89. The van der Waals surface area contributed by atoms with Crippen molar-refractivity contribution in [1.82, 2.24) is 0 Å². The van der Waals surface area contributed by atoms with Crippen LogP contribution in [0.3, 0.4) is 0 Å². The van der Waals surface area contributed by atoms with Crippen LogP contribution in [0, 0.1) is 23.7 Å². The van der Waals surface area contributed by atoms with Gasteiger partial charge in [0, 0.05) is 0 Å². The number of carbonyl (C=O) groups excluding carboxylic acids is 2. The molecule has 0 radical (unpaired) electrons. The lowest BCUT2D eigenvalue weighted by molar-refractivity contribution is -0.151. The van der Waals surface area contributed by atoms with Crippen molar-refractivity contribution in [2.75, 3.05) is 0 Å². The Balaban J connectivity index is 2.17. The van der Waals surface area contributed by atoms with Crippen LogP contribution >= 0.6 is 0 Å². The van der Waals surface area contributed by atoms with Crippen LogP contribution in [0.5, 0.6) is 0 Å². The van der Waals surface area contributed by atoms with Crippen LogP contribution in [0.4, 0.5) is 0 Å². The first-order valence-electron chi connectivity index (χ1n) is 7.62. The molecule has 0 aromatic rings. The molecule has 0 spiro atoms. The van der Waals surface area contributed by atoms with Crippen LogP contribution < -0.4 is 0 Å². The van der Waals surface area contributed by atoms with Gasteiger partial charge in [-0.05, 0) is 57.5 Å². The summed E-state index contributed by atoms with van der Waals surface area (Å²) in [6, 6.07) is 0. The van der Waals surface area contributed by atoms with E-state index in [1.807, 2.05) is 39.3 Å². The fourth-order valence-corrected chi connectivity index (χ4v) is 4.68. The Morgan fingerprint density at radius 1 is 0.810 bits per heavy atom. The van der Waals surface area contributed by atoms with Gasteiger partial charge in [0.15, 0.2) is 0 Å². The van der Waals surface area contributed by atoms with Crippen molar-refractivity contribution in [1.29, 1.82) is 0 Å². The Hall–Kier alpha value is -0.886. The van der Waals surface area contributed by atoms with E-state index in [0.717, 1.165) is 6.42 Å². The lowest BCUT2D eigenvalue weighted by Gasteiger charge is -2.30. The average Bonchev–Trinajstić information content (AvgIpc) is 2.82. The number of rotatable bonds is 4. The van der Waals surface area contributed by atoms with E-state index in [1.54, 1.807) is 0 Å². The van der Waals surface area contributed by atoms with Crippen LogP contribution in [0.1, 0.15) is 6.42 Å². The van der Waals surface area contributed by atoms with Crippen molar-refractivity contribution in [3.63, 3.8) is 0 Å². The fourth-order valence-electron chi connectivity index (χ4n) is 3.20. The highest BCUT2D eigenvalue weighted by Crippen LogP contribution is 2.49. The number of hydrogen-bond donors (Lipinski definition) is 0. The molecule has 1 fully saturated rings. The minimum Gasteiger partial charge on any atom is -0.520 e. The predicted octanol–water partition coefficient (Wildman–Crippen LogP) is 3.18. The summed E-state index contributed by atoms with van der Waals surface area (Å²) in [6.07, 6.45) is 5.01. The molecule has 2 aliphatic carbocycles. The zero-order chi connectivity index (χ0) is 16.0. The first-order valence-corrected chi connectivity index (χ1v) is 14.4. The highest BCUT2D eigenvalue weighted by molar-refractivity contribution is 6.71. The molecule has 0 amide bonds. The molecule has 0 aromatic heterocycles. The van der Waals surface area contributed by atoms with E-state index in [2.05, 4.69) is 12.2 Å². The van der Waals surface area contributed by atoms with E-state index < -0.39 is 16.6 Å². The Kier molecular flexibility index (Phi) is 4.23. The van der Waals surface area contributed by atoms with Gasteiger partial charge in [0.05, 0.1) is 11.8 Å². The van der Waals surface area contributed by atoms with Gasteiger partial charge in [-0.25, -0.2) is 0 Å². The molecule has 0 aromatic carbocycles. The summed E-state index contributed by atoms with van der Waals surface area (Å²) >= 11 is 0. The van der Waals surface area contributed by atoms with E-state index in [4.69, 9.17) is 8.85 Å². The summed E-state index contributed by atoms with van der Waals surface area (Å²) in [5.41, 5.74) is 0. The molecule has 6 heteroatoms. The topological polar surface area (TPSA) is 52.6 Å². The lowest BCUT2D eigenvalue weighted by Crippen LogP contribution is -2.42. The third-order valence-corrected chi connectivity index (χ3v) is 5.44. The van der Waals surface area contributed by atoms with Crippen LogP contribution in [-0.4, -0.2) is 28.6 Å². The maximum atomic E-state index is 12.5. The van der Waals surface area contributed by atoms with Crippen LogP contribution in [-0.2, 0) is 18.4 Å². The van der Waals surface area contributed by atoms with Crippen molar-refractivity contribution < 1.29 is 18.4 Å². The lowest BCUT2D eigenvalue weighted by atomic mass is 9.83. The monoisotopic (exact) mass is 326 g/mol. The SMILES string of the molecule is C[Si](C)(C)OC(=O)C1C2C=CC(C2)C1C(=O)O[Si](C)(C)C. The first-order chi connectivity index (χ1) is 9.48. The molecular formula is C15H26O4Si2. The summed E-state index contributed by atoms with van der Waals surface area (Å²) in [5.74, 6) is -0.839. The smallest absolute Gasteiger partial charge is 0.297 e. The zero-order valence-corrected chi connectivity index (χ0v) is 15.8. The van der Waals surface area contributed by atoms with E-state index >= 15 is 0 Å². The summed E-state index contributed by atoms with van der Waals surface area (Å²) in [6.45, 7) is 11.9. The number of carbonyl (C=O) groups is 2. The van der Waals surface area contributed by atoms with Gasteiger partial charge in [0.25, 0.3) is 11.9 Å². The third kappa shape index (κ3) is 3.85. The second-order valence-electron chi connectivity index (χ2n) is 8.07. The van der Waals surface area contributed by atoms with Gasteiger partial charge in [0.1, 0.15) is 0 Å². The van der Waals surface area contributed by atoms with Crippen molar-refractivity contribution in [3.8, 4) is 0 Å². The number of allylic oxidation sites excluding steroid dienone is 2. The molecule has 2 rings (SSSR count). The quantitative estimate of drug-likeness (QED) is 0.588. The minimum atomic E-state index is -1.94. The minimum absolute atomic E-state index is 0.137. The molecule has 4 nitrogen and oxygen atoms in total. The standard InChI is InChI=1S/C15H26O4Si2/c1-20(2,3)18-14(16)12-10-7-8-11(9-10)13(12)15(17)19-21(4,5)6/h7-8,10-13H,9H2,1-6H3. The number of fused-ring (bicyclic) bond motifs is 2. The Morgan fingerprint density at radius 2 is 1.14 bits per heavy atom. The van der Waals surface area contributed by atoms with Crippen molar-refractivity contribution >= 4 is 28.6 Å². The molecule has 0 aliphatic heterocycles. The van der Waals surface area contributed by atoms with Crippen molar-refractivity contribution in [2.24, 2.45) is 23.7 Å². The summed E-state index contributed by atoms with van der Waals surface area (Å²) < 4.78 is 11.3. The van der Waals surface area contributed by atoms with Crippen LogP contribution in [0.25, 0.3) is 0 Å². The highest BCUT2D eigenvalue weighted by atomic mass is 28.4. The van der Waals surface area contributed by atoms with Crippen LogP contribution in [0.15, 0.2) is 12.2 Å².